The molecule has 0 bridgehead atoms. The Morgan fingerprint density at radius 1 is 1.39 bits per heavy atom. The standard InChI is InChI=1S/C14H17NO3/c1-3-14(8-12(16)15-9-14)11-6-4-10(5-7-11)13(17)18-2/h4-7H,3,8-9H2,1-2H3,(H,15,16). The molecule has 1 atom stereocenters. The summed E-state index contributed by atoms with van der Waals surface area (Å²) in [6.45, 7) is 2.74. The van der Waals surface area contributed by atoms with E-state index in [1.807, 2.05) is 12.1 Å². The third-order valence-corrected chi connectivity index (χ3v) is 3.72. The van der Waals surface area contributed by atoms with Crippen molar-refractivity contribution < 1.29 is 14.3 Å². The van der Waals surface area contributed by atoms with Gasteiger partial charge in [0.2, 0.25) is 5.91 Å². The molecular formula is C14H17NO3. The van der Waals surface area contributed by atoms with E-state index in [2.05, 4.69) is 17.0 Å². The SMILES string of the molecule is CCC1(c2ccc(C(=O)OC)cc2)CNC(=O)C1. The van der Waals surface area contributed by atoms with Gasteiger partial charge in [-0.1, -0.05) is 19.1 Å². The molecule has 1 aliphatic heterocycles. The predicted octanol–water partition coefficient (Wildman–Crippen LogP) is 1.64. The summed E-state index contributed by atoms with van der Waals surface area (Å²) in [6, 6.07) is 7.33. The van der Waals surface area contributed by atoms with Crippen LogP contribution in [0.4, 0.5) is 0 Å². The molecule has 2 rings (SSSR count). The fourth-order valence-corrected chi connectivity index (χ4v) is 2.44. The molecule has 0 radical (unpaired) electrons. The lowest BCUT2D eigenvalue weighted by Gasteiger charge is -2.26. The van der Waals surface area contributed by atoms with Gasteiger partial charge in [0.05, 0.1) is 12.7 Å². The second-order valence-corrected chi connectivity index (χ2v) is 4.66. The summed E-state index contributed by atoms with van der Waals surface area (Å²) in [5, 5.41) is 2.88. The molecule has 1 fully saturated rings. The largest absolute Gasteiger partial charge is 0.465 e. The van der Waals surface area contributed by atoms with Crippen LogP contribution in [0.5, 0.6) is 0 Å². The zero-order valence-corrected chi connectivity index (χ0v) is 10.7. The third-order valence-electron chi connectivity index (χ3n) is 3.72. The lowest BCUT2D eigenvalue weighted by molar-refractivity contribution is -0.119. The maximum absolute atomic E-state index is 11.4. The van der Waals surface area contributed by atoms with Crippen LogP contribution in [-0.4, -0.2) is 25.5 Å². The Bertz CT molecular complexity index is 466. The molecule has 1 amide bonds. The quantitative estimate of drug-likeness (QED) is 0.826. The number of amides is 1. The molecule has 0 aromatic heterocycles. The van der Waals surface area contributed by atoms with Crippen molar-refractivity contribution in [2.24, 2.45) is 0 Å². The molecule has 1 aromatic carbocycles. The second-order valence-electron chi connectivity index (χ2n) is 4.66. The van der Waals surface area contributed by atoms with Gasteiger partial charge in [0.25, 0.3) is 0 Å². The highest BCUT2D eigenvalue weighted by atomic mass is 16.5. The van der Waals surface area contributed by atoms with Gasteiger partial charge < -0.3 is 10.1 Å². The molecule has 0 spiro atoms. The van der Waals surface area contributed by atoms with Crippen LogP contribution in [-0.2, 0) is 14.9 Å². The molecule has 0 aliphatic carbocycles. The summed E-state index contributed by atoms with van der Waals surface area (Å²) in [5.74, 6) is -0.249. The third kappa shape index (κ3) is 2.10. The Labute approximate surface area is 106 Å². The molecule has 4 nitrogen and oxygen atoms in total. The van der Waals surface area contributed by atoms with E-state index in [9.17, 15) is 9.59 Å². The number of ether oxygens (including phenoxy) is 1. The molecule has 96 valence electrons. The van der Waals surface area contributed by atoms with Gasteiger partial charge in [0, 0.05) is 18.4 Å². The van der Waals surface area contributed by atoms with Crippen molar-refractivity contribution in [1.82, 2.24) is 5.32 Å². The number of hydrogen-bond donors (Lipinski definition) is 1. The van der Waals surface area contributed by atoms with Gasteiger partial charge in [0.15, 0.2) is 0 Å². The van der Waals surface area contributed by atoms with E-state index < -0.39 is 0 Å². The second kappa shape index (κ2) is 4.80. The number of carbonyl (C=O) groups is 2. The maximum atomic E-state index is 11.4. The molecule has 1 aliphatic rings. The first-order valence-electron chi connectivity index (χ1n) is 6.07. The van der Waals surface area contributed by atoms with E-state index in [-0.39, 0.29) is 17.3 Å². The van der Waals surface area contributed by atoms with Gasteiger partial charge in [0.1, 0.15) is 0 Å². The Hall–Kier alpha value is -1.84. The normalized spacial score (nSPS) is 22.7. The maximum Gasteiger partial charge on any atom is 0.337 e. The van der Waals surface area contributed by atoms with Gasteiger partial charge in [-0.3, -0.25) is 4.79 Å². The Morgan fingerprint density at radius 3 is 2.50 bits per heavy atom. The van der Waals surface area contributed by atoms with Gasteiger partial charge in [-0.2, -0.15) is 0 Å². The Morgan fingerprint density at radius 2 is 2.06 bits per heavy atom. The number of carbonyl (C=O) groups excluding carboxylic acids is 2. The molecule has 18 heavy (non-hydrogen) atoms. The highest BCUT2D eigenvalue weighted by Gasteiger charge is 2.38. The van der Waals surface area contributed by atoms with Crippen LogP contribution in [0.15, 0.2) is 24.3 Å². The number of hydrogen-bond acceptors (Lipinski definition) is 3. The number of esters is 1. The molecule has 1 aromatic rings. The summed E-state index contributed by atoms with van der Waals surface area (Å²) >= 11 is 0. The van der Waals surface area contributed by atoms with E-state index in [1.165, 1.54) is 7.11 Å². The molecule has 1 unspecified atom stereocenters. The Kier molecular flexibility index (Phi) is 3.36. The van der Waals surface area contributed by atoms with E-state index in [4.69, 9.17) is 0 Å². The summed E-state index contributed by atoms with van der Waals surface area (Å²) < 4.78 is 4.66. The summed E-state index contributed by atoms with van der Waals surface area (Å²) in [7, 11) is 1.36. The first-order valence-corrected chi connectivity index (χ1v) is 6.07. The summed E-state index contributed by atoms with van der Waals surface area (Å²) in [5.41, 5.74) is 1.49. The number of nitrogens with one attached hydrogen (secondary N) is 1. The predicted molar refractivity (Wildman–Crippen MR) is 67.4 cm³/mol. The van der Waals surface area contributed by atoms with Crippen LogP contribution in [0.3, 0.4) is 0 Å². The minimum atomic E-state index is -0.340. The van der Waals surface area contributed by atoms with E-state index >= 15 is 0 Å². The zero-order chi connectivity index (χ0) is 13.2. The highest BCUT2D eigenvalue weighted by Crippen LogP contribution is 2.34. The molecule has 1 heterocycles. The smallest absolute Gasteiger partial charge is 0.337 e. The minimum Gasteiger partial charge on any atom is -0.465 e. The monoisotopic (exact) mass is 247 g/mol. The van der Waals surface area contributed by atoms with Crippen LogP contribution in [0, 0.1) is 0 Å². The molecule has 4 heteroatoms. The summed E-state index contributed by atoms with van der Waals surface area (Å²) in [4.78, 5) is 22.8. The van der Waals surface area contributed by atoms with Gasteiger partial charge in [-0.05, 0) is 24.1 Å². The van der Waals surface area contributed by atoms with Crippen LogP contribution in [0.1, 0.15) is 35.7 Å². The molecule has 1 saturated heterocycles. The van der Waals surface area contributed by atoms with E-state index in [1.54, 1.807) is 12.1 Å². The van der Waals surface area contributed by atoms with Crippen molar-refractivity contribution in [3.8, 4) is 0 Å². The van der Waals surface area contributed by atoms with Crippen LogP contribution < -0.4 is 5.32 Å². The van der Waals surface area contributed by atoms with Crippen molar-refractivity contribution in [2.75, 3.05) is 13.7 Å². The lowest BCUT2D eigenvalue weighted by atomic mass is 9.77. The fraction of sp³-hybridized carbons (Fsp3) is 0.429. The van der Waals surface area contributed by atoms with Crippen LogP contribution >= 0.6 is 0 Å². The first-order chi connectivity index (χ1) is 8.61. The topological polar surface area (TPSA) is 55.4 Å². The van der Waals surface area contributed by atoms with Crippen LogP contribution in [0.25, 0.3) is 0 Å². The molecule has 1 N–H and O–H groups in total. The number of rotatable bonds is 3. The molecular weight excluding hydrogens is 230 g/mol. The van der Waals surface area contributed by atoms with Crippen LogP contribution in [0.2, 0.25) is 0 Å². The van der Waals surface area contributed by atoms with Crippen molar-refractivity contribution in [3.63, 3.8) is 0 Å². The van der Waals surface area contributed by atoms with Crippen molar-refractivity contribution >= 4 is 11.9 Å². The average Bonchev–Trinajstić information content (AvgIpc) is 2.81. The molecule has 0 saturated carbocycles. The van der Waals surface area contributed by atoms with Gasteiger partial charge in [-0.15, -0.1) is 0 Å². The Balaban J connectivity index is 2.28. The van der Waals surface area contributed by atoms with E-state index in [0.717, 1.165) is 12.0 Å². The average molecular weight is 247 g/mol. The number of methoxy groups -OCH3 is 1. The first kappa shape index (κ1) is 12.6. The van der Waals surface area contributed by atoms with E-state index in [0.29, 0.717) is 18.5 Å². The van der Waals surface area contributed by atoms with Crippen molar-refractivity contribution in [3.05, 3.63) is 35.4 Å². The highest BCUT2D eigenvalue weighted by molar-refractivity contribution is 5.89. The minimum absolute atomic E-state index is 0.0916. The lowest BCUT2D eigenvalue weighted by Crippen LogP contribution is -2.28. The zero-order valence-electron chi connectivity index (χ0n) is 10.7. The van der Waals surface area contributed by atoms with Crippen molar-refractivity contribution in [2.45, 2.75) is 25.2 Å². The van der Waals surface area contributed by atoms with Gasteiger partial charge >= 0.3 is 5.97 Å². The van der Waals surface area contributed by atoms with Crippen molar-refractivity contribution in [1.29, 1.82) is 0 Å². The summed E-state index contributed by atoms with van der Waals surface area (Å²) in [6.07, 6.45) is 1.41. The van der Waals surface area contributed by atoms with Gasteiger partial charge in [-0.25, -0.2) is 4.79 Å². The fourth-order valence-electron chi connectivity index (χ4n) is 2.44. The number of benzene rings is 1.